The van der Waals surface area contributed by atoms with Crippen molar-refractivity contribution in [1.29, 1.82) is 0 Å². The zero-order chi connectivity index (χ0) is 22.3. The van der Waals surface area contributed by atoms with Crippen molar-refractivity contribution in [3.63, 3.8) is 0 Å². The molecule has 1 aliphatic carbocycles. The Morgan fingerprint density at radius 2 is 0.812 bits per heavy atom. The van der Waals surface area contributed by atoms with Gasteiger partial charge in [-0.15, -0.1) is 0 Å². The number of aliphatic hydroxyl groups is 2. The van der Waals surface area contributed by atoms with Crippen LogP contribution >= 0.6 is 31.3 Å². The molecule has 0 aromatic carbocycles. The van der Waals surface area contributed by atoms with Gasteiger partial charge in [0, 0.05) is 29.6 Å². The zero-order valence-corrected chi connectivity index (χ0v) is 28.5. The van der Waals surface area contributed by atoms with Gasteiger partial charge in [-0.05, 0) is 0 Å². The molecule has 32 heavy (non-hydrogen) atoms. The van der Waals surface area contributed by atoms with Crippen LogP contribution in [0.1, 0.15) is 0 Å². The van der Waals surface area contributed by atoms with Crippen LogP contribution in [0.2, 0.25) is 0 Å². The number of aliphatic hydroxyl groups excluding tert-OH is 2. The Bertz CT molecular complexity index is 682. The van der Waals surface area contributed by atoms with E-state index in [1.54, 1.807) is 0 Å². The van der Waals surface area contributed by atoms with E-state index in [1.165, 1.54) is 0 Å². The van der Waals surface area contributed by atoms with Crippen LogP contribution in [0.4, 0.5) is 0 Å². The fraction of sp³-hybridized carbons (Fsp3) is 1.00. The van der Waals surface area contributed by atoms with Crippen molar-refractivity contribution in [3.05, 3.63) is 0 Å². The summed E-state index contributed by atoms with van der Waals surface area (Å²) >= 11 is 0. The average Bonchev–Trinajstić information content (AvgIpc) is 2.39. The van der Waals surface area contributed by atoms with Gasteiger partial charge < -0.3 is 62.9 Å². The quantitative estimate of drug-likeness (QED) is 0.0997. The van der Waals surface area contributed by atoms with Crippen LogP contribution in [-0.4, -0.2) is 96.0 Å². The molecule has 1 rings (SSSR count). The van der Waals surface area contributed by atoms with Gasteiger partial charge >= 0.3 is 96.5 Å². The first kappa shape index (κ1) is 43.4. The van der Waals surface area contributed by atoms with E-state index in [2.05, 4.69) is 18.1 Å². The minimum Gasteiger partial charge on any atom is -0.756 e. The van der Waals surface area contributed by atoms with E-state index in [9.17, 15) is 48.0 Å². The monoisotopic (exact) mass is 589 g/mol. The van der Waals surface area contributed by atoms with Gasteiger partial charge in [0.15, 0.2) is 0 Å². The van der Waals surface area contributed by atoms with Gasteiger partial charge in [-0.3, -0.25) is 18.2 Å². The van der Waals surface area contributed by atoms with Crippen molar-refractivity contribution in [1.82, 2.24) is 0 Å². The van der Waals surface area contributed by atoms with Crippen LogP contribution in [-0.2, 0) is 36.4 Å². The molecule has 0 spiro atoms. The maximum atomic E-state index is 11.1. The number of hydrogen-bond donors (Lipinski definition) is 5. The summed E-state index contributed by atoms with van der Waals surface area (Å²) < 4.78 is 59.6. The van der Waals surface area contributed by atoms with Crippen molar-refractivity contribution < 1.29 is 174 Å². The van der Waals surface area contributed by atoms with Crippen LogP contribution in [0.5, 0.6) is 0 Å². The maximum absolute atomic E-state index is 11.1. The van der Waals surface area contributed by atoms with Gasteiger partial charge in [0.25, 0.3) is 23.5 Å². The Morgan fingerprint density at radius 3 is 1.03 bits per heavy atom. The largest absolute Gasteiger partial charge is 1.00 e. The fourth-order valence-electron chi connectivity index (χ4n) is 2.26. The molecule has 4 unspecified atom stereocenters. The van der Waals surface area contributed by atoms with E-state index in [4.69, 9.17) is 19.6 Å². The first-order chi connectivity index (χ1) is 12.2. The third kappa shape index (κ3) is 16.4. The minimum absolute atomic E-state index is 0. The molecule has 169 valence electrons. The number of rotatable bonds is 8. The molecule has 0 aromatic heterocycles. The summed E-state index contributed by atoms with van der Waals surface area (Å²) in [5.74, 6) is 0. The van der Waals surface area contributed by atoms with E-state index < -0.39 is 67.9 Å². The maximum Gasteiger partial charge on any atom is 1.00 e. The van der Waals surface area contributed by atoms with E-state index in [1.807, 2.05) is 0 Å². The molecule has 18 nitrogen and oxygen atoms in total. The molecule has 0 bridgehead atoms. The van der Waals surface area contributed by atoms with Crippen LogP contribution in [0.3, 0.4) is 0 Å². The number of hydrogen-bond acceptors (Lipinski definition) is 14. The van der Waals surface area contributed by atoms with Gasteiger partial charge in [0.2, 0.25) is 0 Å². The van der Waals surface area contributed by atoms with Gasteiger partial charge in [0.05, 0.1) is 0 Å². The first-order valence-electron chi connectivity index (χ1n) is 6.47. The molecule has 0 heterocycles. The van der Waals surface area contributed by atoms with Crippen molar-refractivity contribution in [2.75, 3.05) is 0 Å². The smallest absolute Gasteiger partial charge is 0.756 e. The molecule has 1 fully saturated rings. The second-order valence-corrected chi connectivity index (χ2v) is 9.81. The van der Waals surface area contributed by atoms with E-state index >= 15 is 0 Å². The molecule has 1 aliphatic rings. The fourth-order valence-corrected chi connectivity index (χ4v) is 4.47. The molecule has 0 saturated heterocycles. The topological polar surface area (TPSA) is 321 Å². The van der Waals surface area contributed by atoms with Crippen LogP contribution in [0.15, 0.2) is 0 Å². The van der Waals surface area contributed by atoms with Crippen molar-refractivity contribution in [3.8, 4) is 0 Å². The minimum atomic E-state index is -5.96. The second-order valence-electron chi connectivity index (χ2n) is 5.16. The molecule has 1 saturated carbocycles. The Balaban J connectivity index is -0.000000980. The number of phosphoric acid groups is 3. The Kier molecular flexibility index (Phi) is 22.3. The normalized spacial score (nSPS) is 34.9. The van der Waals surface area contributed by atoms with E-state index in [0.717, 1.165) is 0 Å². The first-order valence-corrected chi connectivity index (χ1v) is 12.5. The average molecular weight is 589 g/mol. The molecule has 1 radical (unpaired) electrons. The molecular weight excluding hydrogens is 576 g/mol. The summed E-state index contributed by atoms with van der Waals surface area (Å²) in [6.45, 7) is 0. The number of phosphoric ester groups is 3. The van der Waals surface area contributed by atoms with Gasteiger partial charge in [0.1, 0.15) is 36.6 Å². The summed E-state index contributed by atoms with van der Waals surface area (Å²) in [5, 5.41) is 19.7. The van der Waals surface area contributed by atoms with Crippen LogP contribution < -0.4 is 108 Å². The second kappa shape index (κ2) is 16.5. The third-order valence-corrected chi connectivity index (χ3v) is 5.07. The Hall–Kier alpha value is 4.36. The predicted molar refractivity (Wildman–Crippen MR) is 78.0 cm³/mol. The summed E-state index contributed by atoms with van der Waals surface area (Å²) in [7, 11) is -23.4. The molecular formula is C6H13Na4O18P4. The van der Waals surface area contributed by atoms with Crippen molar-refractivity contribution in [2.24, 2.45) is 0 Å². The Morgan fingerprint density at radius 1 is 0.594 bits per heavy atom. The summed E-state index contributed by atoms with van der Waals surface area (Å²) in [6, 6.07) is 0. The molecule has 7 N–H and O–H groups in total. The third-order valence-electron chi connectivity index (χ3n) is 3.02. The SMILES string of the molecule is O=P([O-])(O)O[C@H]1[C@@H](OP(=O)([O-])[OH2+])[C@@H](OP(=O)([O-])O)[C@H](O)[C@@H](O)[C@@H]1OP(=O)([O-])O.[Na+].[Na+].[Na+].[Na]. The van der Waals surface area contributed by atoms with E-state index in [0.29, 0.717) is 0 Å². The summed E-state index contributed by atoms with van der Waals surface area (Å²) in [6.07, 6.45) is -16.5. The Labute approximate surface area is 268 Å². The van der Waals surface area contributed by atoms with Gasteiger partial charge in [-0.2, -0.15) is 0 Å². The van der Waals surface area contributed by atoms with Crippen molar-refractivity contribution in [2.45, 2.75) is 36.6 Å². The molecule has 0 aliphatic heterocycles. The summed E-state index contributed by atoms with van der Waals surface area (Å²) in [5.41, 5.74) is 0. The molecule has 26 heteroatoms. The zero-order valence-electron chi connectivity index (χ0n) is 16.9. The standard InChI is InChI=1S/C6H16O18P4.4Na/c7-1-2(8)4(22-26(12,13)14)6(24-28(18,19)20)5(23-27(15,16)17)3(1)21-25(9,10)11;;;;/h1-8H,(H2,9,10,11)(H2,12,13,14)(H2,15,16,17)(H2,18,19,20);;;;/q;;3*+1/p-3/t1-,2-,3+,4+,5-,6+;;;;/m1..../s1. The van der Waals surface area contributed by atoms with Crippen LogP contribution in [0, 0.1) is 0 Å². The predicted octanol–water partition coefficient (Wildman–Crippen LogP) is -15.5. The summed E-state index contributed by atoms with van der Waals surface area (Å²) in [4.78, 5) is 76.8. The molecule has 0 amide bonds. The molecule has 10 atom stereocenters. The van der Waals surface area contributed by atoms with Crippen LogP contribution in [0.25, 0.3) is 0 Å². The van der Waals surface area contributed by atoms with Crippen molar-refractivity contribution >= 4 is 60.8 Å². The van der Waals surface area contributed by atoms with Gasteiger partial charge in [-0.1, -0.05) is 0 Å². The molecule has 0 aromatic rings. The van der Waals surface area contributed by atoms with Gasteiger partial charge in [-0.25, -0.2) is 4.57 Å². The van der Waals surface area contributed by atoms with E-state index in [-0.39, 0.29) is 118 Å².